The molecule has 3 aromatic rings. The van der Waals surface area contributed by atoms with Crippen LogP contribution in [0.15, 0.2) is 41.8 Å². The van der Waals surface area contributed by atoms with E-state index in [0.29, 0.717) is 37.7 Å². The lowest BCUT2D eigenvalue weighted by Gasteiger charge is -2.44. The van der Waals surface area contributed by atoms with Gasteiger partial charge in [-0.1, -0.05) is 12.1 Å². The van der Waals surface area contributed by atoms with Gasteiger partial charge < -0.3 is 24.3 Å². The molecule has 0 fully saturated rings. The first-order valence-corrected chi connectivity index (χ1v) is 10.6. The third-order valence-electron chi connectivity index (χ3n) is 5.58. The molecule has 4 rings (SSSR count). The molecule has 0 unspecified atom stereocenters. The van der Waals surface area contributed by atoms with Crippen molar-refractivity contribution in [3.8, 4) is 5.75 Å². The molecule has 0 aliphatic carbocycles. The van der Waals surface area contributed by atoms with Crippen molar-refractivity contribution in [2.45, 2.75) is 25.6 Å². The predicted octanol–water partition coefficient (Wildman–Crippen LogP) is 2.89. The molecule has 2 amide bonds. The van der Waals surface area contributed by atoms with E-state index in [9.17, 15) is 9.59 Å². The van der Waals surface area contributed by atoms with Crippen LogP contribution in [0.5, 0.6) is 5.75 Å². The van der Waals surface area contributed by atoms with Crippen molar-refractivity contribution < 1.29 is 19.1 Å². The van der Waals surface area contributed by atoms with E-state index in [1.165, 1.54) is 0 Å². The Kier molecular flexibility index (Phi) is 5.53. The van der Waals surface area contributed by atoms with E-state index in [4.69, 9.17) is 9.47 Å². The number of hydrogen-bond acceptors (Lipinski definition) is 5. The van der Waals surface area contributed by atoms with E-state index in [1.807, 2.05) is 53.3 Å². The summed E-state index contributed by atoms with van der Waals surface area (Å²) < 4.78 is 12.4. The Bertz CT molecular complexity index is 1090. The third-order valence-corrected chi connectivity index (χ3v) is 6.54. The third kappa shape index (κ3) is 3.46. The molecule has 1 aliphatic rings. The molecule has 0 bridgehead atoms. The van der Waals surface area contributed by atoms with Gasteiger partial charge in [-0.2, -0.15) is 0 Å². The lowest BCUT2D eigenvalue weighted by atomic mass is 9.94. The highest BCUT2D eigenvalue weighted by Gasteiger charge is 2.47. The Morgan fingerprint density at radius 2 is 2.10 bits per heavy atom. The zero-order valence-corrected chi connectivity index (χ0v) is 18.1. The number of benzene rings is 1. The zero-order chi connectivity index (χ0) is 21.3. The summed E-state index contributed by atoms with van der Waals surface area (Å²) in [6, 6.07) is 11.5. The first-order chi connectivity index (χ1) is 14.5. The normalized spacial score (nSPS) is 18.5. The molecule has 1 N–H and O–H groups in total. The van der Waals surface area contributed by atoms with Gasteiger partial charge in [-0.05, 0) is 42.1 Å². The van der Waals surface area contributed by atoms with E-state index >= 15 is 0 Å². The fourth-order valence-corrected chi connectivity index (χ4v) is 4.81. The molecule has 0 radical (unpaired) electrons. The van der Waals surface area contributed by atoms with Crippen LogP contribution < -0.4 is 10.1 Å². The average molecular weight is 428 g/mol. The average Bonchev–Trinajstić information content (AvgIpc) is 3.34. The van der Waals surface area contributed by atoms with Crippen LogP contribution in [0.3, 0.4) is 0 Å². The molecule has 30 heavy (non-hydrogen) atoms. The standard InChI is InChI=1S/C22H25N3O4S/c1-22(21(27)23-8-9-28-2)14-24-18(12-16-7-10-30-20(16)24)19(26)25(22)13-15-5-4-6-17(11-15)29-3/h4-7,10-12H,8-9,13-14H2,1-3H3,(H,23,27)/t22-/m1/s1. The number of carbonyl (C=O) groups excluding carboxylic acids is 2. The molecule has 8 heteroatoms. The molecular weight excluding hydrogens is 402 g/mol. The topological polar surface area (TPSA) is 72.8 Å². The van der Waals surface area contributed by atoms with Gasteiger partial charge in [0, 0.05) is 25.6 Å². The van der Waals surface area contributed by atoms with Crippen molar-refractivity contribution in [2.75, 3.05) is 27.4 Å². The molecule has 7 nitrogen and oxygen atoms in total. The molecule has 158 valence electrons. The molecule has 3 heterocycles. The maximum Gasteiger partial charge on any atom is 0.271 e. The van der Waals surface area contributed by atoms with Crippen LogP contribution in [0.2, 0.25) is 0 Å². The Labute approximate surface area is 179 Å². The fraction of sp³-hybridized carbons (Fsp3) is 0.364. The molecule has 0 spiro atoms. The number of nitrogens with zero attached hydrogens (tertiary/aromatic N) is 2. The second-order valence-corrected chi connectivity index (χ2v) is 8.46. The summed E-state index contributed by atoms with van der Waals surface area (Å²) in [5.74, 6) is 0.365. The van der Waals surface area contributed by atoms with Crippen LogP contribution in [0.1, 0.15) is 23.0 Å². The highest BCUT2D eigenvalue weighted by Crippen LogP contribution is 2.35. The van der Waals surface area contributed by atoms with Crippen molar-refractivity contribution in [3.63, 3.8) is 0 Å². The van der Waals surface area contributed by atoms with E-state index < -0.39 is 5.54 Å². The highest BCUT2D eigenvalue weighted by atomic mass is 32.1. The van der Waals surface area contributed by atoms with Gasteiger partial charge in [0.15, 0.2) is 0 Å². The maximum atomic E-state index is 13.6. The number of aromatic nitrogens is 1. The van der Waals surface area contributed by atoms with E-state index in [2.05, 4.69) is 5.32 Å². The second kappa shape index (κ2) is 8.12. The van der Waals surface area contributed by atoms with E-state index in [1.54, 1.807) is 30.5 Å². The summed E-state index contributed by atoms with van der Waals surface area (Å²) in [5.41, 5.74) is 0.471. The lowest BCUT2D eigenvalue weighted by Crippen LogP contribution is -2.63. The number of methoxy groups -OCH3 is 2. The summed E-state index contributed by atoms with van der Waals surface area (Å²) in [6.07, 6.45) is 0. The molecule has 2 aromatic heterocycles. The largest absolute Gasteiger partial charge is 0.497 e. The van der Waals surface area contributed by atoms with E-state index in [0.717, 1.165) is 15.8 Å². The van der Waals surface area contributed by atoms with Crippen molar-refractivity contribution in [1.82, 2.24) is 14.8 Å². The number of ether oxygens (including phenoxy) is 2. The van der Waals surface area contributed by atoms with E-state index in [-0.39, 0.29) is 11.8 Å². The minimum atomic E-state index is -1.04. The molecule has 1 aliphatic heterocycles. The minimum absolute atomic E-state index is 0.156. The van der Waals surface area contributed by atoms with Gasteiger partial charge in [0.1, 0.15) is 21.8 Å². The number of carbonyl (C=O) groups is 2. The smallest absolute Gasteiger partial charge is 0.271 e. The Hall–Kier alpha value is -2.84. The number of amides is 2. The molecule has 0 saturated heterocycles. The Balaban J connectivity index is 1.74. The van der Waals surface area contributed by atoms with Crippen LogP contribution >= 0.6 is 11.3 Å². The van der Waals surface area contributed by atoms with Gasteiger partial charge in [-0.15, -0.1) is 11.3 Å². The van der Waals surface area contributed by atoms with Gasteiger partial charge >= 0.3 is 0 Å². The quantitative estimate of drug-likeness (QED) is 0.589. The predicted molar refractivity (Wildman–Crippen MR) is 116 cm³/mol. The number of thiophene rings is 1. The molecule has 1 atom stereocenters. The maximum absolute atomic E-state index is 13.6. The monoisotopic (exact) mass is 427 g/mol. The SMILES string of the molecule is COCCNC(=O)[C@@]1(C)Cn2c(cc3ccsc32)C(=O)N1Cc1cccc(OC)c1. The minimum Gasteiger partial charge on any atom is -0.497 e. The molecular formula is C22H25N3O4S. The van der Waals surface area contributed by atoms with Crippen LogP contribution in [0, 0.1) is 0 Å². The first-order valence-electron chi connectivity index (χ1n) is 9.77. The Morgan fingerprint density at radius 3 is 2.87 bits per heavy atom. The highest BCUT2D eigenvalue weighted by molar-refractivity contribution is 7.16. The van der Waals surface area contributed by atoms with Gasteiger partial charge in [-0.25, -0.2) is 0 Å². The number of hydrogen-bond donors (Lipinski definition) is 1. The summed E-state index contributed by atoms with van der Waals surface area (Å²) in [4.78, 5) is 29.5. The van der Waals surface area contributed by atoms with Crippen LogP contribution in [-0.4, -0.2) is 54.2 Å². The van der Waals surface area contributed by atoms with Crippen LogP contribution in [-0.2, 0) is 22.6 Å². The van der Waals surface area contributed by atoms with Gasteiger partial charge in [0.2, 0.25) is 5.91 Å². The fourth-order valence-electron chi connectivity index (χ4n) is 3.92. The van der Waals surface area contributed by atoms with Crippen molar-refractivity contribution >= 4 is 33.4 Å². The molecule has 0 saturated carbocycles. The van der Waals surface area contributed by atoms with Crippen molar-refractivity contribution in [3.05, 3.63) is 53.0 Å². The van der Waals surface area contributed by atoms with Crippen molar-refractivity contribution in [1.29, 1.82) is 0 Å². The van der Waals surface area contributed by atoms with Gasteiger partial charge in [-0.3, -0.25) is 9.59 Å². The summed E-state index contributed by atoms with van der Waals surface area (Å²) in [6.45, 7) is 3.33. The van der Waals surface area contributed by atoms with Crippen molar-refractivity contribution in [2.24, 2.45) is 0 Å². The van der Waals surface area contributed by atoms with Crippen LogP contribution in [0.25, 0.3) is 10.2 Å². The van der Waals surface area contributed by atoms with Crippen LogP contribution in [0.4, 0.5) is 0 Å². The zero-order valence-electron chi connectivity index (χ0n) is 17.3. The first kappa shape index (κ1) is 20.4. The lowest BCUT2D eigenvalue weighted by molar-refractivity contribution is -0.133. The summed E-state index contributed by atoms with van der Waals surface area (Å²) >= 11 is 1.58. The summed E-state index contributed by atoms with van der Waals surface area (Å²) in [7, 11) is 3.20. The second-order valence-electron chi connectivity index (χ2n) is 7.56. The molecule has 1 aromatic carbocycles. The number of rotatable bonds is 7. The van der Waals surface area contributed by atoms with Gasteiger partial charge in [0.25, 0.3) is 5.91 Å². The summed E-state index contributed by atoms with van der Waals surface area (Å²) in [5, 5.41) is 5.95. The Morgan fingerprint density at radius 1 is 1.27 bits per heavy atom. The number of fused-ring (bicyclic) bond motifs is 3. The van der Waals surface area contributed by atoms with Gasteiger partial charge in [0.05, 0.1) is 20.3 Å². The number of nitrogens with one attached hydrogen (secondary N) is 1.